The van der Waals surface area contributed by atoms with Gasteiger partial charge in [-0.25, -0.2) is 9.59 Å². The van der Waals surface area contributed by atoms with Crippen molar-refractivity contribution in [3.63, 3.8) is 0 Å². The van der Waals surface area contributed by atoms with Crippen LogP contribution < -0.4 is 0 Å². The third-order valence-corrected chi connectivity index (χ3v) is 9.83. The standard InChI is InChI=1S/C44H51N3O8/c1-7-31-32(8-2)36(24-38-34(22-40(49)53-10-4)28(6)42(47-38)44(51)55-26-30-19-15-12-16-20-30)45-35(31)23-37-33(21-39(48)52-9-3)27(5)41(46-37)43(50)54-25-29-17-13-11-14-18-29/h11-20,45-47H,7-10,21-26H2,1-6H3. The Balaban J connectivity index is 1.48. The Hall–Kier alpha value is -5.84. The molecule has 0 fully saturated rings. The zero-order chi connectivity index (χ0) is 39.5. The van der Waals surface area contributed by atoms with Gasteiger partial charge in [-0.15, -0.1) is 0 Å². The molecule has 11 heteroatoms. The van der Waals surface area contributed by atoms with Crippen LogP contribution in [0.1, 0.15) is 116 Å². The van der Waals surface area contributed by atoms with Gasteiger partial charge in [-0.3, -0.25) is 9.59 Å². The first kappa shape index (κ1) is 40.3. The van der Waals surface area contributed by atoms with Gasteiger partial charge in [0, 0.05) is 35.6 Å². The van der Waals surface area contributed by atoms with Crippen LogP contribution in [0, 0.1) is 13.8 Å². The van der Waals surface area contributed by atoms with E-state index in [1.54, 1.807) is 13.8 Å². The summed E-state index contributed by atoms with van der Waals surface area (Å²) >= 11 is 0. The molecule has 0 unspecified atom stereocenters. The van der Waals surface area contributed by atoms with E-state index in [-0.39, 0.29) is 51.2 Å². The van der Waals surface area contributed by atoms with Gasteiger partial charge in [-0.05, 0) is 85.0 Å². The molecule has 3 aromatic heterocycles. The van der Waals surface area contributed by atoms with Gasteiger partial charge in [0.25, 0.3) is 0 Å². The van der Waals surface area contributed by atoms with E-state index in [0.717, 1.165) is 46.5 Å². The summed E-state index contributed by atoms with van der Waals surface area (Å²) < 4.78 is 22.0. The number of carbonyl (C=O) groups excluding carboxylic acids is 4. The summed E-state index contributed by atoms with van der Waals surface area (Å²) in [6.45, 7) is 12.0. The summed E-state index contributed by atoms with van der Waals surface area (Å²) in [7, 11) is 0. The molecule has 5 aromatic rings. The van der Waals surface area contributed by atoms with Crippen LogP contribution in [0.15, 0.2) is 60.7 Å². The van der Waals surface area contributed by atoms with Crippen molar-refractivity contribution in [1.82, 2.24) is 15.0 Å². The molecule has 0 spiro atoms. The lowest BCUT2D eigenvalue weighted by Gasteiger charge is -2.08. The number of H-pyrrole nitrogens is 3. The Morgan fingerprint density at radius 1 is 0.491 bits per heavy atom. The zero-order valence-electron chi connectivity index (χ0n) is 32.6. The number of ether oxygens (including phenoxy) is 4. The average molecular weight is 750 g/mol. The first-order valence-corrected chi connectivity index (χ1v) is 18.9. The summed E-state index contributed by atoms with van der Waals surface area (Å²) in [5, 5.41) is 0. The monoisotopic (exact) mass is 749 g/mol. The van der Waals surface area contributed by atoms with Gasteiger partial charge in [-0.1, -0.05) is 74.5 Å². The quantitative estimate of drug-likeness (QED) is 0.0615. The van der Waals surface area contributed by atoms with Gasteiger partial charge in [0.1, 0.15) is 24.6 Å². The summed E-state index contributed by atoms with van der Waals surface area (Å²) in [5.41, 5.74) is 10.5. The maximum absolute atomic E-state index is 13.4. The van der Waals surface area contributed by atoms with Gasteiger partial charge in [0.05, 0.1) is 26.1 Å². The fourth-order valence-corrected chi connectivity index (χ4v) is 7.09. The number of benzene rings is 2. The first-order chi connectivity index (χ1) is 26.6. The highest BCUT2D eigenvalue weighted by Crippen LogP contribution is 2.30. The molecule has 0 bridgehead atoms. The van der Waals surface area contributed by atoms with Gasteiger partial charge in [0.15, 0.2) is 0 Å². The Labute approximate surface area is 322 Å². The van der Waals surface area contributed by atoms with Crippen molar-refractivity contribution in [3.05, 3.63) is 139 Å². The van der Waals surface area contributed by atoms with Gasteiger partial charge >= 0.3 is 23.9 Å². The van der Waals surface area contributed by atoms with E-state index in [2.05, 4.69) is 28.8 Å². The van der Waals surface area contributed by atoms with Crippen molar-refractivity contribution in [1.29, 1.82) is 0 Å². The fraction of sp³-hybridized carbons (Fsp3) is 0.364. The minimum Gasteiger partial charge on any atom is -0.466 e. The molecule has 0 amide bonds. The lowest BCUT2D eigenvalue weighted by Crippen LogP contribution is -2.10. The predicted octanol–water partition coefficient (Wildman–Crippen LogP) is 7.52. The second-order valence-electron chi connectivity index (χ2n) is 13.4. The SMILES string of the molecule is CCOC(=O)Cc1c(Cc2[nH]c(Cc3[nH]c(C(=O)OCc4ccccc4)c(C)c3CC(=O)OCC)c(CC)c2CC)[nH]c(C(=O)OCc2ccccc2)c1C. The van der Waals surface area contributed by atoms with Crippen LogP contribution in [0.2, 0.25) is 0 Å². The van der Waals surface area contributed by atoms with E-state index in [0.29, 0.717) is 57.9 Å². The number of nitrogens with one attached hydrogen (secondary N) is 3. The van der Waals surface area contributed by atoms with E-state index in [1.165, 1.54) is 0 Å². The minimum atomic E-state index is -0.510. The second-order valence-corrected chi connectivity index (χ2v) is 13.4. The van der Waals surface area contributed by atoms with Crippen LogP contribution in [0.5, 0.6) is 0 Å². The number of carbonyl (C=O) groups is 4. The van der Waals surface area contributed by atoms with Gasteiger partial charge < -0.3 is 33.9 Å². The Morgan fingerprint density at radius 3 is 1.20 bits per heavy atom. The maximum Gasteiger partial charge on any atom is 0.355 e. The molecule has 11 nitrogen and oxygen atoms in total. The highest BCUT2D eigenvalue weighted by molar-refractivity contribution is 5.91. The number of hydrogen-bond acceptors (Lipinski definition) is 8. The van der Waals surface area contributed by atoms with Crippen molar-refractivity contribution in [2.75, 3.05) is 13.2 Å². The smallest absolute Gasteiger partial charge is 0.355 e. The zero-order valence-corrected chi connectivity index (χ0v) is 32.6. The largest absolute Gasteiger partial charge is 0.466 e. The Kier molecular flexibility index (Phi) is 13.9. The van der Waals surface area contributed by atoms with Crippen LogP contribution in [-0.2, 0) is 80.3 Å². The summed E-state index contributed by atoms with van der Waals surface area (Å²) in [4.78, 5) is 62.7. The lowest BCUT2D eigenvalue weighted by molar-refractivity contribution is -0.143. The molecule has 0 aliphatic carbocycles. The first-order valence-electron chi connectivity index (χ1n) is 18.9. The highest BCUT2D eigenvalue weighted by atomic mass is 16.5. The van der Waals surface area contributed by atoms with Crippen molar-refractivity contribution < 1.29 is 38.1 Å². The van der Waals surface area contributed by atoms with Crippen molar-refractivity contribution in [2.45, 2.75) is 93.3 Å². The fourth-order valence-electron chi connectivity index (χ4n) is 7.09. The molecule has 0 aliphatic heterocycles. The molecule has 3 heterocycles. The number of rotatable bonds is 18. The van der Waals surface area contributed by atoms with E-state index >= 15 is 0 Å². The molecule has 5 rings (SSSR count). The number of esters is 4. The molecule has 3 N–H and O–H groups in total. The molecule has 55 heavy (non-hydrogen) atoms. The lowest BCUT2D eigenvalue weighted by atomic mass is 9.97. The molecular formula is C44H51N3O8. The van der Waals surface area contributed by atoms with Gasteiger partial charge in [-0.2, -0.15) is 0 Å². The normalized spacial score (nSPS) is 11.0. The Morgan fingerprint density at radius 2 is 0.855 bits per heavy atom. The molecule has 0 saturated heterocycles. The van der Waals surface area contributed by atoms with Crippen LogP contribution >= 0.6 is 0 Å². The summed E-state index contributed by atoms with van der Waals surface area (Å²) in [6.07, 6.45) is 2.21. The van der Waals surface area contributed by atoms with Crippen molar-refractivity contribution >= 4 is 23.9 Å². The summed E-state index contributed by atoms with van der Waals surface area (Å²) in [5.74, 6) is -1.79. The topological polar surface area (TPSA) is 153 Å². The molecule has 0 aliphatic rings. The molecular weight excluding hydrogens is 698 g/mol. The van der Waals surface area contributed by atoms with Crippen molar-refractivity contribution in [3.8, 4) is 0 Å². The number of aromatic amines is 3. The second kappa shape index (κ2) is 19.0. The number of aromatic nitrogens is 3. The summed E-state index contributed by atoms with van der Waals surface area (Å²) in [6, 6.07) is 18.9. The van der Waals surface area contributed by atoms with E-state index < -0.39 is 11.9 Å². The third kappa shape index (κ3) is 9.83. The van der Waals surface area contributed by atoms with E-state index in [4.69, 9.17) is 18.9 Å². The average Bonchev–Trinajstić information content (AvgIpc) is 3.79. The maximum atomic E-state index is 13.4. The van der Waals surface area contributed by atoms with E-state index in [9.17, 15) is 19.2 Å². The molecule has 0 radical (unpaired) electrons. The predicted molar refractivity (Wildman–Crippen MR) is 208 cm³/mol. The highest BCUT2D eigenvalue weighted by Gasteiger charge is 2.27. The molecule has 2 aromatic carbocycles. The van der Waals surface area contributed by atoms with Crippen molar-refractivity contribution in [2.24, 2.45) is 0 Å². The van der Waals surface area contributed by atoms with Gasteiger partial charge in [0.2, 0.25) is 0 Å². The minimum absolute atomic E-state index is 0.00471. The van der Waals surface area contributed by atoms with Crippen LogP contribution in [-0.4, -0.2) is 52.0 Å². The molecule has 0 saturated carbocycles. The molecule has 0 atom stereocenters. The van der Waals surface area contributed by atoms with E-state index in [1.807, 2.05) is 74.5 Å². The van der Waals surface area contributed by atoms with Crippen LogP contribution in [0.25, 0.3) is 0 Å². The Bertz CT molecular complexity index is 1960. The third-order valence-electron chi connectivity index (χ3n) is 9.83. The van der Waals surface area contributed by atoms with Crippen LogP contribution in [0.4, 0.5) is 0 Å². The molecule has 290 valence electrons. The van der Waals surface area contributed by atoms with Crippen LogP contribution in [0.3, 0.4) is 0 Å². The number of hydrogen-bond donors (Lipinski definition) is 3.